The fourth-order valence-corrected chi connectivity index (χ4v) is 4.23. The van der Waals surface area contributed by atoms with Gasteiger partial charge in [0.25, 0.3) is 0 Å². The number of aromatic amines is 1. The third-order valence-electron chi connectivity index (χ3n) is 5.97. The minimum absolute atomic E-state index is 0.395. The summed E-state index contributed by atoms with van der Waals surface area (Å²) in [6.45, 7) is 4.89. The molecule has 24 heteroatoms. The van der Waals surface area contributed by atoms with E-state index in [1.807, 2.05) is 0 Å². The Balaban J connectivity index is 0.000000186. The molecule has 0 amide bonds. The van der Waals surface area contributed by atoms with Crippen molar-refractivity contribution in [1.29, 1.82) is 0 Å². The summed E-state index contributed by atoms with van der Waals surface area (Å²) < 4.78 is 3.44. The van der Waals surface area contributed by atoms with Crippen LogP contribution in [0, 0.1) is 0 Å². The molecule has 6 aromatic rings. The predicted molar refractivity (Wildman–Crippen MR) is 184 cm³/mol. The van der Waals surface area contributed by atoms with E-state index < -0.39 is 0 Å². The van der Waals surface area contributed by atoms with E-state index >= 15 is 0 Å². The van der Waals surface area contributed by atoms with Gasteiger partial charge in [-0.3, -0.25) is 9.78 Å². The van der Waals surface area contributed by atoms with Crippen molar-refractivity contribution in [2.45, 2.75) is 45.7 Å². The van der Waals surface area contributed by atoms with Crippen molar-refractivity contribution in [3.63, 3.8) is 0 Å². The summed E-state index contributed by atoms with van der Waals surface area (Å²) in [6.07, 6.45) is 12.7. The van der Waals surface area contributed by atoms with E-state index in [1.54, 1.807) is 28.0 Å². The van der Waals surface area contributed by atoms with Gasteiger partial charge in [-0.2, -0.15) is 15.3 Å². The van der Waals surface area contributed by atoms with Crippen LogP contribution < -0.4 is 0 Å². The molecule has 6 heterocycles. The van der Waals surface area contributed by atoms with E-state index in [9.17, 15) is 0 Å². The highest BCUT2D eigenvalue weighted by Gasteiger charge is 2.07. The molecule has 6 rings (SSSR count). The monoisotopic (exact) mass is 727 g/mol. The Morgan fingerprint density at radius 3 is 1.94 bits per heavy atom. The first-order chi connectivity index (χ1) is 23.9. The number of aryl methyl sites for hydroxylation is 2. The van der Waals surface area contributed by atoms with E-state index in [0.717, 1.165) is 35.4 Å². The zero-order chi connectivity index (χ0) is 35.3. The fourth-order valence-electron chi connectivity index (χ4n) is 3.69. The van der Waals surface area contributed by atoms with Gasteiger partial charge in [-0.1, -0.05) is 63.5 Å². The Hall–Kier alpha value is -5.55. The fraction of sp³-hybridized carbons (Fsp3) is 0.400. The van der Waals surface area contributed by atoms with Crippen molar-refractivity contribution < 1.29 is 0 Å². The maximum absolute atomic E-state index is 8.13. The lowest BCUT2D eigenvalue weighted by atomic mass is 10.3. The third-order valence-corrected chi connectivity index (χ3v) is 6.88. The van der Waals surface area contributed by atoms with E-state index in [0.29, 0.717) is 71.5 Å². The molecular weight excluding hydrogens is 701 g/mol. The second-order valence-corrected chi connectivity index (χ2v) is 10.4. The van der Waals surface area contributed by atoms with E-state index in [-0.39, 0.29) is 0 Å². The van der Waals surface area contributed by atoms with Crippen molar-refractivity contribution in [2.24, 2.45) is 15.3 Å². The Morgan fingerprint density at radius 1 is 0.714 bits per heavy atom. The lowest BCUT2D eigenvalue weighted by Gasteiger charge is -2.00. The summed E-state index contributed by atoms with van der Waals surface area (Å²) in [5.74, 6) is 0. The molecule has 21 nitrogen and oxygen atoms in total. The number of halogens is 3. The zero-order valence-corrected chi connectivity index (χ0v) is 28.2. The molecule has 0 bridgehead atoms. The molecule has 0 aliphatic rings. The normalized spacial score (nSPS) is 9.96. The van der Waals surface area contributed by atoms with Crippen LogP contribution in [0.25, 0.3) is 64.4 Å². The van der Waals surface area contributed by atoms with Crippen molar-refractivity contribution >= 4 is 67.9 Å². The number of azide groups is 3. The molecule has 49 heavy (non-hydrogen) atoms. The first-order valence-corrected chi connectivity index (χ1v) is 15.5. The number of aromatic nitrogens is 12. The van der Waals surface area contributed by atoms with Gasteiger partial charge in [0.15, 0.2) is 16.9 Å². The number of unbranched alkanes of at least 4 members (excludes halogenated alkanes) is 1. The van der Waals surface area contributed by atoms with Crippen LogP contribution in [0.15, 0.2) is 52.9 Å². The molecule has 0 spiro atoms. The van der Waals surface area contributed by atoms with Crippen molar-refractivity contribution in [3.8, 4) is 0 Å². The number of nitrogens with zero attached hydrogens (tertiary/aromatic N) is 20. The molecule has 0 radical (unpaired) electrons. The first kappa shape index (κ1) is 37.9. The lowest BCUT2D eigenvalue weighted by Crippen LogP contribution is -2.02. The second-order valence-electron chi connectivity index (χ2n) is 9.28. The summed E-state index contributed by atoms with van der Waals surface area (Å²) in [4.78, 5) is 31.4. The highest BCUT2D eigenvalue weighted by molar-refractivity contribution is 6.34. The van der Waals surface area contributed by atoms with Crippen molar-refractivity contribution in [1.82, 2.24) is 59.7 Å². The summed E-state index contributed by atoms with van der Waals surface area (Å²) in [7, 11) is 0. The maximum atomic E-state index is 8.13. The average Bonchev–Trinajstić information content (AvgIpc) is 3.87. The number of hydrogen-bond donors (Lipinski definition) is 1. The minimum atomic E-state index is 0.395. The van der Waals surface area contributed by atoms with Crippen LogP contribution in [-0.2, 0) is 13.1 Å². The molecule has 0 aliphatic heterocycles. The van der Waals surface area contributed by atoms with Crippen molar-refractivity contribution in [3.05, 3.63) is 84.4 Å². The molecule has 0 saturated carbocycles. The summed E-state index contributed by atoms with van der Waals surface area (Å²) in [5.41, 5.74) is 25.9. The summed E-state index contributed by atoms with van der Waals surface area (Å²) >= 11 is 17.5. The number of hydrogen-bond acceptors (Lipinski definition) is 12. The SMILES string of the molecule is CCCCN=[N+]=[N-].Clc1ncnc2[nH]ncc12.[N-]=[N+]=NCCCn1cc2c(Cl)ncnc2n1.[N-]=[N+]=NCCCn1ncc2c(Cl)ncnc21. The Labute approximate surface area is 291 Å². The van der Waals surface area contributed by atoms with Gasteiger partial charge < -0.3 is 0 Å². The standard InChI is InChI=1S/2C8H8ClN7.C5H3ClN4.C4H9N3/c9-7-6-4-16(3-1-2-13-15-10)14-8(6)12-5-11-7;9-7-6-4-14-16(3-1-2-13-15-10)8(6)12-5-11-7;6-4-3-1-9-10-5(3)8-2-7-4;1-2-3-4-6-7-5/h2*4-5H,1-3H2;1-2H,(H,7,8,9,10);2-4H2,1H3. The van der Waals surface area contributed by atoms with Crippen LogP contribution >= 0.6 is 34.8 Å². The third kappa shape index (κ3) is 12.2. The molecule has 0 atom stereocenters. The van der Waals surface area contributed by atoms with Crippen LogP contribution in [0.1, 0.15) is 32.6 Å². The van der Waals surface area contributed by atoms with E-state index in [4.69, 9.17) is 51.4 Å². The molecule has 0 unspecified atom stereocenters. The Kier molecular flexibility index (Phi) is 16.5. The largest absolute Gasteiger partial charge is 0.270 e. The average molecular weight is 729 g/mol. The predicted octanol–water partition coefficient (Wildman–Crippen LogP) is 7.46. The van der Waals surface area contributed by atoms with Crippen LogP contribution in [0.2, 0.25) is 15.5 Å². The topological polar surface area (TPSA) is 288 Å². The van der Waals surface area contributed by atoms with Gasteiger partial charge in [-0.05, 0) is 35.9 Å². The summed E-state index contributed by atoms with van der Waals surface area (Å²) in [6, 6.07) is 0. The lowest BCUT2D eigenvalue weighted by molar-refractivity contribution is 0.588. The zero-order valence-electron chi connectivity index (χ0n) is 25.9. The van der Waals surface area contributed by atoms with Gasteiger partial charge in [0, 0.05) is 53.7 Å². The van der Waals surface area contributed by atoms with Gasteiger partial charge in [-0.15, -0.1) is 0 Å². The van der Waals surface area contributed by atoms with Gasteiger partial charge >= 0.3 is 0 Å². The maximum Gasteiger partial charge on any atom is 0.185 e. The van der Waals surface area contributed by atoms with Crippen molar-refractivity contribution in [2.75, 3.05) is 19.6 Å². The highest BCUT2D eigenvalue weighted by atomic mass is 35.5. The molecular formula is C25H28Cl3N21. The van der Waals surface area contributed by atoms with E-state index in [1.165, 1.54) is 19.0 Å². The molecule has 0 aromatic carbocycles. The highest BCUT2D eigenvalue weighted by Crippen LogP contribution is 2.19. The molecule has 0 saturated heterocycles. The van der Waals surface area contributed by atoms with Crippen LogP contribution in [0.4, 0.5) is 0 Å². The molecule has 1 N–H and O–H groups in total. The second kappa shape index (κ2) is 21.3. The molecule has 0 aliphatic carbocycles. The quantitative estimate of drug-likeness (QED) is 0.0454. The molecule has 6 aromatic heterocycles. The molecule has 254 valence electrons. The van der Waals surface area contributed by atoms with Gasteiger partial charge in [0.1, 0.15) is 34.4 Å². The number of nitrogens with one attached hydrogen (secondary N) is 1. The van der Waals surface area contributed by atoms with E-state index in [2.05, 4.69) is 87.3 Å². The molecule has 0 fully saturated rings. The number of H-pyrrole nitrogens is 1. The first-order valence-electron chi connectivity index (χ1n) is 14.4. The number of fused-ring (bicyclic) bond motifs is 3. The Morgan fingerprint density at radius 2 is 1.31 bits per heavy atom. The van der Waals surface area contributed by atoms with Gasteiger partial charge in [0.05, 0.1) is 28.6 Å². The number of rotatable bonds is 11. The van der Waals surface area contributed by atoms with Crippen LogP contribution in [0.3, 0.4) is 0 Å². The van der Waals surface area contributed by atoms with Gasteiger partial charge in [0.2, 0.25) is 0 Å². The minimum Gasteiger partial charge on any atom is -0.270 e. The van der Waals surface area contributed by atoms with Gasteiger partial charge in [-0.25, -0.2) is 34.6 Å². The summed E-state index contributed by atoms with van der Waals surface area (Å²) in [5, 5.41) is 28.5. The smallest absolute Gasteiger partial charge is 0.185 e. The van der Waals surface area contributed by atoms with Crippen LogP contribution in [-0.4, -0.2) is 79.3 Å². The van der Waals surface area contributed by atoms with Crippen LogP contribution in [0.5, 0.6) is 0 Å². The Bertz CT molecular complexity index is 2040.